The van der Waals surface area contributed by atoms with Crippen LogP contribution >= 0.6 is 0 Å². The standard InChI is InChI=1S/C34H50F2O2/c1-3-5-23-6-9-25(10-7-23)26-12-14-27(15-13-26)29-17-16-28-20-24(8-11-30(28)21-29)22-38-32-19-18-31(37-4-2)33(35)34(32)36/h3,5,18-19,23-30H,4,6-17,20-22H2,1-2H3/b5-3+. The van der Waals surface area contributed by atoms with Crippen molar-refractivity contribution in [2.75, 3.05) is 13.2 Å². The monoisotopic (exact) mass is 528 g/mol. The average molecular weight is 529 g/mol. The molecule has 1 aromatic carbocycles. The second kappa shape index (κ2) is 13.2. The summed E-state index contributed by atoms with van der Waals surface area (Å²) in [5.41, 5.74) is 0. The highest BCUT2D eigenvalue weighted by molar-refractivity contribution is 5.35. The van der Waals surface area contributed by atoms with Crippen LogP contribution in [0.2, 0.25) is 0 Å². The number of allylic oxidation sites excluding steroid dienone is 2. The molecule has 212 valence electrons. The third-order valence-corrected chi connectivity index (χ3v) is 11.0. The van der Waals surface area contributed by atoms with Crippen LogP contribution in [0.5, 0.6) is 11.5 Å². The molecule has 38 heavy (non-hydrogen) atoms. The molecule has 5 rings (SSSR count). The quantitative estimate of drug-likeness (QED) is 0.313. The molecule has 4 heteroatoms. The second-order valence-electron chi connectivity index (χ2n) is 13.1. The van der Waals surface area contributed by atoms with Gasteiger partial charge in [-0.05, 0) is 163 Å². The summed E-state index contributed by atoms with van der Waals surface area (Å²) in [5, 5.41) is 0. The second-order valence-corrected chi connectivity index (χ2v) is 13.1. The Morgan fingerprint density at radius 2 is 1.13 bits per heavy atom. The summed E-state index contributed by atoms with van der Waals surface area (Å²) in [6.07, 6.45) is 24.1. The van der Waals surface area contributed by atoms with Crippen molar-refractivity contribution in [3.8, 4) is 11.5 Å². The van der Waals surface area contributed by atoms with Crippen molar-refractivity contribution >= 4 is 0 Å². The molecular formula is C34H50F2O2. The topological polar surface area (TPSA) is 18.5 Å². The molecule has 0 bridgehead atoms. The van der Waals surface area contributed by atoms with Gasteiger partial charge in [0.05, 0.1) is 13.2 Å². The Bertz CT molecular complexity index is 913. The first-order chi connectivity index (χ1) is 18.6. The van der Waals surface area contributed by atoms with Crippen molar-refractivity contribution in [2.45, 2.75) is 104 Å². The van der Waals surface area contributed by atoms with E-state index >= 15 is 0 Å². The predicted molar refractivity (Wildman–Crippen MR) is 150 cm³/mol. The Morgan fingerprint density at radius 3 is 1.74 bits per heavy atom. The summed E-state index contributed by atoms with van der Waals surface area (Å²) in [6.45, 7) is 4.71. The Kier molecular flexibility index (Phi) is 9.70. The molecule has 0 radical (unpaired) electrons. The van der Waals surface area contributed by atoms with Gasteiger partial charge in [-0.15, -0.1) is 0 Å². The van der Waals surface area contributed by atoms with Crippen molar-refractivity contribution < 1.29 is 18.3 Å². The lowest BCUT2D eigenvalue weighted by Gasteiger charge is -2.46. The number of rotatable bonds is 8. The first kappa shape index (κ1) is 28.0. The largest absolute Gasteiger partial charge is 0.491 e. The van der Waals surface area contributed by atoms with E-state index < -0.39 is 11.6 Å². The van der Waals surface area contributed by atoms with E-state index in [4.69, 9.17) is 9.47 Å². The summed E-state index contributed by atoms with van der Waals surface area (Å²) < 4.78 is 39.6. The summed E-state index contributed by atoms with van der Waals surface area (Å²) in [7, 11) is 0. The van der Waals surface area contributed by atoms with E-state index in [9.17, 15) is 8.78 Å². The number of benzene rings is 1. The summed E-state index contributed by atoms with van der Waals surface area (Å²) in [5.74, 6) is 4.94. The van der Waals surface area contributed by atoms with Crippen LogP contribution in [-0.2, 0) is 0 Å². The number of ether oxygens (including phenoxy) is 2. The summed E-state index contributed by atoms with van der Waals surface area (Å²) in [6, 6.07) is 2.97. The van der Waals surface area contributed by atoms with Crippen LogP contribution in [-0.4, -0.2) is 13.2 Å². The van der Waals surface area contributed by atoms with Crippen LogP contribution in [0.15, 0.2) is 24.3 Å². The van der Waals surface area contributed by atoms with Gasteiger partial charge < -0.3 is 9.47 Å². The maximum atomic E-state index is 14.4. The van der Waals surface area contributed by atoms with Gasteiger partial charge in [0, 0.05) is 0 Å². The first-order valence-electron chi connectivity index (χ1n) is 15.9. The minimum atomic E-state index is -0.947. The molecule has 4 aliphatic carbocycles. The van der Waals surface area contributed by atoms with Gasteiger partial charge >= 0.3 is 0 Å². The summed E-state index contributed by atoms with van der Waals surface area (Å²) >= 11 is 0. The first-order valence-corrected chi connectivity index (χ1v) is 15.9. The van der Waals surface area contributed by atoms with E-state index in [-0.39, 0.29) is 11.5 Å². The molecule has 0 heterocycles. The van der Waals surface area contributed by atoms with Crippen molar-refractivity contribution in [1.29, 1.82) is 0 Å². The Balaban J connectivity index is 1.04. The third kappa shape index (κ3) is 6.58. The van der Waals surface area contributed by atoms with Crippen LogP contribution in [0.25, 0.3) is 0 Å². The number of fused-ring (bicyclic) bond motifs is 1. The van der Waals surface area contributed by atoms with Crippen LogP contribution in [0.1, 0.15) is 104 Å². The molecule has 0 aromatic heterocycles. The zero-order valence-electron chi connectivity index (χ0n) is 23.8. The molecule has 0 saturated heterocycles. The minimum absolute atomic E-state index is 0.0122. The predicted octanol–water partition coefficient (Wildman–Crippen LogP) is 9.76. The average Bonchev–Trinajstić information content (AvgIpc) is 2.95. The fraction of sp³-hybridized carbons (Fsp3) is 0.765. The van der Waals surface area contributed by atoms with E-state index in [1.165, 1.54) is 95.6 Å². The molecule has 4 aliphatic rings. The highest BCUT2D eigenvalue weighted by Crippen LogP contribution is 2.50. The zero-order valence-corrected chi connectivity index (χ0v) is 23.8. The lowest BCUT2D eigenvalue weighted by atomic mass is 9.60. The summed E-state index contributed by atoms with van der Waals surface area (Å²) in [4.78, 5) is 0. The Labute approximate surface area is 229 Å². The lowest BCUT2D eigenvalue weighted by Crippen LogP contribution is -2.36. The Morgan fingerprint density at radius 1 is 0.658 bits per heavy atom. The lowest BCUT2D eigenvalue weighted by molar-refractivity contribution is 0.0425. The molecular weight excluding hydrogens is 478 g/mol. The van der Waals surface area contributed by atoms with Crippen molar-refractivity contribution in [1.82, 2.24) is 0 Å². The molecule has 0 N–H and O–H groups in total. The molecule has 2 nitrogen and oxygen atoms in total. The number of hydrogen-bond acceptors (Lipinski definition) is 2. The molecule has 0 spiro atoms. The van der Waals surface area contributed by atoms with E-state index in [2.05, 4.69) is 19.1 Å². The molecule has 4 atom stereocenters. The highest BCUT2D eigenvalue weighted by Gasteiger charge is 2.40. The molecule has 4 saturated carbocycles. The molecule has 0 amide bonds. The fourth-order valence-electron chi connectivity index (χ4n) is 8.87. The molecule has 4 fully saturated rings. The Hall–Kier alpha value is -1.58. The van der Waals surface area contributed by atoms with Gasteiger partial charge in [-0.25, -0.2) is 0 Å². The number of hydrogen-bond donors (Lipinski definition) is 0. The molecule has 1 aromatic rings. The van der Waals surface area contributed by atoms with Gasteiger partial charge in [0.25, 0.3) is 0 Å². The van der Waals surface area contributed by atoms with Gasteiger partial charge in [-0.2, -0.15) is 8.78 Å². The van der Waals surface area contributed by atoms with Crippen molar-refractivity contribution in [2.24, 2.45) is 47.3 Å². The maximum absolute atomic E-state index is 14.4. The van der Waals surface area contributed by atoms with Gasteiger partial charge in [0.15, 0.2) is 11.5 Å². The van der Waals surface area contributed by atoms with Crippen LogP contribution in [0.3, 0.4) is 0 Å². The van der Waals surface area contributed by atoms with E-state index in [1.54, 1.807) is 6.92 Å². The third-order valence-electron chi connectivity index (χ3n) is 11.0. The maximum Gasteiger partial charge on any atom is 0.204 e. The zero-order chi connectivity index (χ0) is 26.5. The van der Waals surface area contributed by atoms with E-state index in [0.29, 0.717) is 19.1 Å². The van der Waals surface area contributed by atoms with Crippen LogP contribution in [0, 0.1) is 59.0 Å². The normalized spacial score (nSPS) is 36.1. The smallest absolute Gasteiger partial charge is 0.204 e. The SMILES string of the molecule is C/C=C/C1CCC(C2CCC(C3CCC4CC(COc5ccc(OCC)c(F)c5F)CCC4C3)CC2)CC1. The number of halogens is 2. The van der Waals surface area contributed by atoms with E-state index in [0.717, 1.165) is 47.8 Å². The van der Waals surface area contributed by atoms with Crippen molar-refractivity contribution in [3.05, 3.63) is 35.9 Å². The van der Waals surface area contributed by atoms with Gasteiger partial charge in [-0.1, -0.05) is 12.2 Å². The fourth-order valence-corrected chi connectivity index (χ4v) is 8.87. The molecule has 0 aliphatic heterocycles. The van der Waals surface area contributed by atoms with Gasteiger partial charge in [0.1, 0.15) is 0 Å². The van der Waals surface area contributed by atoms with Crippen LogP contribution in [0.4, 0.5) is 8.78 Å². The molecule has 4 unspecified atom stereocenters. The minimum Gasteiger partial charge on any atom is -0.491 e. The van der Waals surface area contributed by atoms with Gasteiger partial charge in [-0.3, -0.25) is 0 Å². The van der Waals surface area contributed by atoms with Crippen LogP contribution < -0.4 is 9.47 Å². The van der Waals surface area contributed by atoms with E-state index in [1.807, 2.05) is 0 Å². The highest BCUT2D eigenvalue weighted by atomic mass is 19.2. The van der Waals surface area contributed by atoms with Gasteiger partial charge in [0.2, 0.25) is 11.6 Å². The van der Waals surface area contributed by atoms with Crippen molar-refractivity contribution in [3.63, 3.8) is 0 Å².